The summed E-state index contributed by atoms with van der Waals surface area (Å²) in [6.45, 7) is 3.21. The molecule has 1 amide bonds. The number of aromatic nitrogens is 4. The number of anilines is 1. The highest BCUT2D eigenvalue weighted by atomic mass is 16.2. The first-order valence-electron chi connectivity index (χ1n) is 12.8. The number of aryl methyl sites for hydroxylation is 1. The van der Waals surface area contributed by atoms with Crippen LogP contribution in [0, 0.1) is 6.92 Å². The number of likely N-dealkylation sites (tertiary alicyclic amines) is 1. The van der Waals surface area contributed by atoms with Crippen LogP contribution in [0.4, 0.5) is 5.69 Å². The Labute approximate surface area is 221 Å². The summed E-state index contributed by atoms with van der Waals surface area (Å²) in [6, 6.07) is 36.8. The van der Waals surface area contributed by atoms with Gasteiger partial charge in [0, 0.05) is 18.8 Å². The van der Waals surface area contributed by atoms with Gasteiger partial charge in [0.1, 0.15) is 5.54 Å². The van der Waals surface area contributed by atoms with Crippen LogP contribution in [-0.2, 0) is 5.54 Å². The normalized spacial score (nSPS) is 16.2. The fraction of sp³-hybridized carbons (Fsp3) is 0.161. The highest BCUT2D eigenvalue weighted by molar-refractivity contribution is 6.10. The van der Waals surface area contributed by atoms with Crippen molar-refractivity contribution in [2.45, 2.75) is 18.5 Å². The van der Waals surface area contributed by atoms with Gasteiger partial charge in [-0.05, 0) is 52.7 Å². The lowest BCUT2D eigenvalue weighted by molar-refractivity contribution is 0.0266. The number of fused-ring (bicyclic) bond motifs is 4. The smallest absolute Gasteiger partial charge is 0.261 e. The molecule has 2 aliphatic rings. The van der Waals surface area contributed by atoms with E-state index in [2.05, 4.69) is 75.9 Å². The molecule has 0 aliphatic carbocycles. The monoisotopic (exact) mass is 498 g/mol. The van der Waals surface area contributed by atoms with E-state index < -0.39 is 5.54 Å². The second-order valence-electron chi connectivity index (χ2n) is 10.1. The molecular formula is C31H26N6O. The average molecular weight is 499 g/mol. The van der Waals surface area contributed by atoms with Crippen molar-refractivity contribution < 1.29 is 4.79 Å². The van der Waals surface area contributed by atoms with Gasteiger partial charge in [-0.1, -0.05) is 90.5 Å². The summed E-state index contributed by atoms with van der Waals surface area (Å²) in [4.78, 5) is 18.7. The van der Waals surface area contributed by atoms with Gasteiger partial charge in [0.05, 0.1) is 17.3 Å². The number of rotatable bonds is 4. The topological polar surface area (TPSA) is 67.2 Å². The van der Waals surface area contributed by atoms with E-state index >= 15 is 0 Å². The Morgan fingerprint density at radius 1 is 0.763 bits per heavy atom. The van der Waals surface area contributed by atoms with E-state index in [0.29, 0.717) is 30.2 Å². The molecule has 186 valence electrons. The van der Waals surface area contributed by atoms with Crippen molar-refractivity contribution in [1.82, 2.24) is 25.1 Å². The molecule has 1 fully saturated rings. The van der Waals surface area contributed by atoms with Crippen LogP contribution in [0.2, 0.25) is 0 Å². The molecule has 38 heavy (non-hydrogen) atoms. The first-order chi connectivity index (χ1) is 18.7. The summed E-state index contributed by atoms with van der Waals surface area (Å²) in [5, 5.41) is 13.0. The molecule has 3 heterocycles. The number of tetrazole rings is 1. The lowest BCUT2D eigenvalue weighted by Crippen LogP contribution is -2.70. The molecule has 2 aliphatic heterocycles. The maximum atomic E-state index is 14.3. The fourth-order valence-corrected chi connectivity index (χ4v) is 5.93. The molecule has 5 aromatic rings. The van der Waals surface area contributed by atoms with Gasteiger partial charge in [0.25, 0.3) is 5.91 Å². The number of hydrogen-bond donors (Lipinski definition) is 0. The van der Waals surface area contributed by atoms with E-state index in [9.17, 15) is 4.79 Å². The van der Waals surface area contributed by atoms with Crippen LogP contribution in [0.25, 0.3) is 5.69 Å². The summed E-state index contributed by atoms with van der Waals surface area (Å²) in [7, 11) is 0. The second-order valence-corrected chi connectivity index (χ2v) is 10.1. The van der Waals surface area contributed by atoms with Crippen molar-refractivity contribution in [1.29, 1.82) is 0 Å². The molecule has 0 saturated carbocycles. The number of amides is 1. The summed E-state index contributed by atoms with van der Waals surface area (Å²) >= 11 is 0. The summed E-state index contributed by atoms with van der Waals surface area (Å²) in [5.74, 6) is 0.611. The fourth-order valence-electron chi connectivity index (χ4n) is 5.93. The van der Waals surface area contributed by atoms with Crippen molar-refractivity contribution in [3.8, 4) is 5.69 Å². The molecule has 7 nitrogen and oxygen atoms in total. The van der Waals surface area contributed by atoms with Crippen molar-refractivity contribution in [2.24, 2.45) is 0 Å². The first-order valence-corrected chi connectivity index (χ1v) is 12.8. The predicted molar refractivity (Wildman–Crippen MR) is 145 cm³/mol. The third-order valence-electron chi connectivity index (χ3n) is 7.70. The van der Waals surface area contributed by atoms with E-state index in [4.69, 9.17) is 0 Å². The molecule has 0 atom stereocenters. The third kappa shape index (κ3) is 3.39. The van der Waals surface area contributed by atoms with Crippen LogP contribution in [0.15, 0.2) is 109 Å². The van der Waals surface area contributed by atoms with Gasteiger partial charge in [0.2, 0.25) is 0 Å². The molecule has 0 radical (unpaired) electrons. The molecule has 0 unspecified atom stereocenters. The van der Waals surface area contributed by atoms with Crippen molar-refractivity contribution >= 4 is 11.6 Å². The van der Waals surface area contributed by atoms with Crippen LogP contribution in [0.5, 0.6) is 0 Å². The van der Waals surface area contributed by atoms with E-state index in [1.807, 2.05) is 65.6 Å². The first kappa shape index (κ1) is 22.6. The average Bonchev–Trinajstić information content (AvgIpc) is 3.41. The molecule has 4 aromatic carbocycles. The Morgan fingerprint density at radius 3 is 2.03 bits per heavy atom. The Balaban J connectivity index is 1.39. The SMILES string of the molecule is Cc1ccc(N2C(=O)c3ccccc3-n3nnnc3C23CN(C(c2ccccc2)c2ccccc2)C3)cc1. The van der Waals surface area contributed by atoms with Crippen LogP contribution in [-0.4, -0.2) is 44.1 Å². The maximum Gasteiger partial charge on any atom is 0.261 e. The molecule has 7 heteroatoms. The Kier molecular flexibility index (Phi) is 5.19. The third-order valence-corrected chi connectivity index (χ3v) is 7.70. The number of carbonyl (C=O) groups excluding carboxylic acids is 1. The van der Waals surface area contributed by atoms with Crippen LogP contribution < -0.4 is 4.90 Å². The number of carbonyl (C=O) groups is 1. The van der Waals surface area contributed by atoms with Gasteiger partial charge in [-0.15, -0.1) is 5.10 Å². The van der Waals surface area contributed by atoms with Crippen LogP contribution in [0.3, 0.4) is 0 Å². The van der Waals surface area contributed by atoms with Crippen LogP contribution >= 0.6 is 0 Å². The van der Waals surface area contributed by atoms with E-state index in [1.54, 1.807) is 4.68 Å². The van der Waals surface area contributed by atoms with E-state index in [-0.39, 0.29) is 11.9 Å². The lowest BCUT2D eigenvalue weighted by Gasteiger charge is -2.56. The number of para-hydroxylation sites is 1. The van der Waals surface area contributed by atoms with Gasteiger partial charge in [-0.3, -0.25) is 14.6 Å². The van der Waals surface area contributed by atoms with Gasteiger partial charge in [-0.2, -0.15) is 4.68 Å². The highest BCUT2D eigenvalue weighted by Crippen LogP contribution is 2.47. The Bertz CT molecular complexity index is 1570. The molecule has 1 saturated heterocycles. The quantitative estimate of drug-likeness (QED) is 0.352. The second kappa shape index (κ2) is 8.75. The minimum atomic E-state index is -0.739. The van der Waals surface area contributed by atoms with E-state index in [1.165, 1.54) is 11.1 Å². The summed E-state index contributed by atoms with van der Waals surface area (Å²) in [5.41, 5.74) is 4.93. The molecule has 7 rings (SSSR count). The minimum Gasteiger partial charge on any atom is -0.292 e. The maximum absolute atomic E-state index is 14.3. The lowest BCUT2D eigenvalue weighted by atomic mass is 9.82. The van der Waals surface area contributed by atoms with Crippen molar-refractivity contribution in [2.75, 3.05) is 18.0 Å². The van der Waals surface area contributed by atoms with E-state index in [0.717, 1.165) is 11.3 Å². The number of nitrogens with zero attached hydrogens (tertiary/aromatic N) is 6. The summed E-state index contributed by atoms with van der Waals surface area (Å²) < 4.78 is 1.75. The zero-order valence-electron chi connectivity index (χ0n) is 21.0. The zero-order valence-corrected chi connectivity index (χ0v) is 21.0. The van der Waals surface area contributed by atoms with Crippen molar-refractivity contribution in [3.05, 3.63) is 137 Å². The van der Waals surface area contributed by atoms with Gasteiger partial charge >= 0.3 is 0 Å². The van der Waals surface area contributed by atoms with Gasteiger partial charge in [-0.25, -0.2) is 0 Å². The molecule has 0 N–H and O–H groups in total. The Hall–Kier alpha value is -4.62. The Morgan fingerprint density at radius 2 is 1.37 bits per heavy atom. The number of benzene rings is 4. The standard InChI is InChI=1S/C31H26N6O/c1-22-16-18-25(19-17-22)36-29(38)26-14-8-9-15-27(26)37-30(32-33-34-37)31(36)20-35(21-31)28(23-10-4-2-5-11-23)24-12-6-3-7-13-24/h2-19,28H,20-21H2,1H3. The highest BCUT2D eigenvalue weighted by Gasteiger charge is 2.58. The molecule has 1 spiro atoms. The number of hydrogen-bond acceptors (Lipinski definition) is 5. The largest absolute Gasteiger partial charge is 0.292 e. The molecule has 0 bridgehead atoms. The van der Waals surface area contributed by atoms with Gasteiger partial charge < -0.3 is 0 Å². The summed E-state index contributed by atoms with van der Waals surface area (Å²) in [6.07, 6.45) is 0. The minimum absolute atomic E-state index is 0.0351. The van der Waals surface area contributed by atoms with Gasteiger partial charge in [0.15, 0.2) is 5.82 Å². The van der Waals surface area contributed by atoms with Crippen molar-refractivity contribution in [3.63, 3.8) is 0 Å². The predicted octanol–water partition coefficient (Wildman–Crippen LogP) is 4.93. The zero-order chi connectivity index (χ0) is 25.7. The molecule has 1 aromatic heterocycles. The van der Waals surface area contributed by atoms with Crippen LogP contribution in [0.1, 0.15) is 38.9 Å². The molecular weight excluding hydrogens is 472 g/mol.